The molecule has 0 unspecified atom stereocenters. The number of ketones is 1. The first-order valence-corrected chi connectivity index (χ1v) is 12.2. The average molecular weight is 566 g/mol. The average Bonchev–Trinajstić information content (AvgIpc) is 3.21. The summed E-state index contributed by atoms with van der Waals surface area (Å²) in [5.41, 5.74) is 3.48. The monoisotopic (exact) mass is 565 g/mol. The fraction of sp³-hybridized carbons (Fsp3) is 0.346. The number of fused-ring (bicyclic) bond motifs is 3. The summed E-state index contributed by atoms with van der Waals surface area (Å²) in [4.78, 5) is 26.8. The lowest BCUT2D eigenvalue weighted by atomic mass is 9.99. The highest BCUT2D eigenvalue weighted by Gasteiger charge is 2.38. The van der Waals surface area contributed by atoms with Crippen molar-refractivity contribution in [3.8, 4) is 11.4 Å². The van der Waals surface area contributed by atoms with Crippen molar-refractivity contribution >= 4 is 29.1 Å². The zero-order valence-electron chi connectivity index (χ0n) is 21.4. The van der Waals surface area contributed by atoms with Crippen LogP contribution in [0.15, 0.2) is 47.5 Å². The number of aryl methyl sites for hydroxylation is 1. The van der Waals surface area contributed by atoms with E-state index in [1.54, 1.807) is 7.11 Å². The van der Waals surface area contributed by atoms with Gasteiger partial charge < -0.3 is 15.2 Å². The Hall–Kier alpha value is -3.77. The summed E-state index contributed by atoms with van der Waals surface area (Å²) < 4.78 is 39.2. The first-order chi connectivity index (χ1) is 18.5. The maximum Gasteiger partial charge on any atom is 0.490 e. The standard InChI is InChI=1S/C24H26ClN5O2.C2HF3O2/c1-15-28-29-24-21(13-18(31)5-4-12-26-2)27-23(16-6-8-17(25)9-7-16)20-14-19(32-3)10-11-22(20)30(15)24;3-2(4,5)1(6)7/h6-11,14,21,26H,4-5,12-13H2,1-3H3;(H,6,7)/t21-;/m0./s1. The number of aliphatic imine (C=N–C) groups is 1. The Labute approximate surface area is 227 Å². The summed E-state index contributed by atoms with van der Waals surface area (Å²) in [7, 11) is 3.52. The third kappa shape index (κ3) is 7.42. The number of aromatic nitrogens is 3. The Morgan fingerprint density at radius 2 is 1.82 bits per heavy atom. The van der Waals surface area contributed by atoms with Crippen LogP contribution in [-0.4, -0.2) is 64.2 Å². The van der Waals surface area contributed by atoms with E-state index in [9.17, 15) is 18.0 Å². The SMILES string of the molecule is CNCCCC(=O)C[C@@H]1N=C(c2ccc(Cl)cc2)c2cc(OC)ccc2-n2c(C)nnc21.O=C(O)C(F)(F)F. The van der Waals surface area contributed by atoms with Gasteiger partial charge in [0, 0.05) is 29.0 Å². The molecule has 0 fully saturated rings. The van der Waals surface area contributed by atoms with Crippen molar-refractivity contribution in [2.75, 3.05) is 20.7 Å². The zero-order valence-corrected chi connectivity index (χ0v) is 22.2. The van der Waals surface area contributed by atoms with Gasteiger partial charge >= 0.3 is 12.1 Å². The van der Waals surface area contributed by atoms with Crippen molar-refractivity contribution in [3.05, 3.63) is 70.3 Å². The summed E-state index contributed by atoms with van der Waals surface area (Å²) >= 11 is 6.13. The molecule has 0 spiro atoms. The van der Waals surface area contributed by atoms with Gasteiger partial charge in [-0.15, -0.1) is 10.2 Å². The minimum Gasteiger partial charge on any atom is -0.497 e. The van der Waals surface area contributed by atoms with Gasteiger partial charge in [0.15, 0.2) is 5.82 Å². The summed E-state index contributed by atoms with van der Waals surface area (Å²) in [6.45, 7) is 2.71. The maximum atomic E-state index is 12.8. The predicted octanol–water partition coefficient (Wildman–Crippen LogP) is 4.72. The molecule has 2 heterocycles. The molecular weight excluding hydrogens is 539 g/mol. The number of methoxy groups -OCH3 is 1. The number of ether oxygens (including phenoxy) is 1. The van der Waals surface area contributed by atoms with E-state index in [0.29, 0.717) is 17.3 Å². The lowest BCUT2D eigenvalue weighted by molar-refractivity contribution is -0.192. The molecule has 2 N–H and O–H groups in total. The molecule has 0 saturated heterocycles. The highest BCUT2D eigenvalue weighted by Crippen LogP contribution is 2.34. The number of Topliss-reactive ketones (excluding diaryl/α,β-unsaturated/α-hetero) is 1. The molecule has 0 bridgehead atoms. The number of carbonyl (C=O) groups excluding carboxylic acids is 1. The second-order valence-corrected chi connectivity index (χ2v) is 9.01. The molecule has 1 aliphatic heterocycles. The third-order valence-corrected chi connectivity index (χ3v) is 6.05. The largest absolute Gasteiger partial charge is 0.497 e. The number of nitrogens with zero attached hydrogens (tertiary/aromatic N) is 4. The summed E-state index contributed by atoms with van der Waals surface area (Å²) in [5, 5.41) is 19.6. The molecule has 39 heavy (non-hydrogen) atoms. The Morgan fingerprint density at radius 1 is 1.15 bits per heavy atom. The smallest absolute Gasteiger partial charge is 0.490 e. The topological polar surface area (TPSA) is 119 Å². The lowest BCUT2D eigenvalue weighted by Crippen LogP contribution is -2.21. The van der Waals surface area contributed by atoms with E-state index in [1.165, 1.54) is 0 Å². The number of carboxylic acids is 1. The van der Waals surface area contributed by atoms with Crippen molar-refractivity contribution in [1.29, 1.82) is 0 Å². The number of halogens is 4. The molecule has 2 aromatic carbocycles. The Kier molecular flexibility index (Phi) is 9.81. The van der Waals surface area contributed by atoms with Gasteiger partial charge in [0.1, 0.15) is 23.4 Å². The van der Waals surface area contributed by atoms with E-state index in [-0.39, 0.29) is 12.2 Å². The van der Waals surface area contributed by atoms with Crippen molar-refractivity contribution in [3.63, 3.8) is 0 Å². The minimum absolute atomic E-state index is 0.153. The molecule has 1 atom stereocenters. The second kappa shape index (κ2) is 12.9. The number of alkyl halides is 3. The fourth-order valence-corrected chi connectivity index (χ4v) is 4.08. The van der Waals surface area contributed by atoms with Gasteiger partial charge in [-0.3, -0.25) is 14.4 Å². The Bertz CT molecular complexity index is 1360. The molecular formula is C26H27ClF3N5O4. The van der Waals surface area contributed by atoms with Crippen LogP contribution in [0.5, 0.6) is 5.75 Å². The van der Waals surface area contributed by atoms with Gasteiger partial charge in [-0.2, -0.15) is 13.2 Å². The van der Waals surface area contributed by atoms with Crippen LogP contribution in [-0.2, 0) is 9.59 Å². The van der Waals surface area contributed by atoms with Crippen LogP contribution in [0.1, 0.15) is 48.1 Å². The molecule has 13 heteroatoms. The van der Waals surface area contributed by atoms with Crippen LogP contribution in [0.2, 0.25) is 5.02 Å². The minimum atomic E-state index is -5.08. The van der Waals surface area contributed by atoms with Crippen LogP contribution in [0.25, 0.3) is 5.69 Å². The summed E-state index contributed by atoms with van der Waals surface area (Å²) in [6, 6.07) is 13.0. The number of hydrogen-bond donors (Lipinski definition) is 2. The van der Waals surface area contributed by atoms with Crippen LogP contribution >= 0.6 is 11.6 Å². The van der Waals surface area contributed by atoms with Gasteiger partial charge in [-0.05, 0) is 57.3 Å². The first-order valence-electron chi connectivity index (χ1n) is 11.9. The molecule has 9 nitrogen and oxygen atoms in total. The molecule has 208 valence electrons. The van der Waals surface area contributed by atoms with Crippen LogP contribution < -0.4 is 10.1 Å². The molecule has 1 aliphatic rings. The van der Waals surface area contributed by atoms with E-state index in [1.807, 2.05) is 61.0 Å². The molecule has 0 aliphatic carbocycles. The van der Waals surface area contributed by atoms with Crippen molar-refractivity contribution < 1.29 is 32.6 Å². The molecule has 0 radical (unpaired) electrons. The van der Waals surface area contributed by atoms with Crippen LogP contribution in [0, 0.1) is 6.92 Å². The quantitative estimate of drug-likeness (QED) is 0.379. The van der Waals surface area contributed by atoms with E-state index in [4.69, 9.17) is 31.2 Å². The van der Waals surface area contributed by atoms with E-state index in [2.05, 4.69) is 15.5 Å². The number of rotatable bonds is 8. The highest BCUT2D eigenvalue weighted by molar-refractivity contribution is 6.30. The molecule has 0 amide bonds. The predicted molar refractivity (Wildman–Crippen MR) is 139 cm³/mol. The van der Waals surface area contributed by atoms with Crippen molar-refractivity contribution in [2.24, 2.45) is 4.99 Å². The van der Waals surface area contributed by atoms with Crippen molar-refractivity contribution in [2.45, 2.75) is 38.4 Å². The maximum absolute atomic E-state index is 12.8. The normalized spacial score (nSPS) is 14.2. The van der Waals surface area contributed by atoms with Gasteiger partial charge in [0.2, 0.25) is 0 Å². The molecule has 3 aromatic rings. The van der Waals surface area contributed by atoms with E-state index >= 15 is 0 Å². The van der Waals surface area contributed by atoms with Gasteiger partial charge in [0.05, 0.1) is 18.5 Å². The lowest BCUT2D eigenvalue weighted by Gasteiger charge is -2.14. The molecule has 1 aromatic heterocycles. The van der Waals surface area contributed by atoms with Crippen LogP contribution in [0.4, 0.5) is 13.2 Å². The van der Waals surface area contributed by atoms with E-state index < -0.39 is 18.2 Å². The number of hydrogen-bond acceptors (Lipinski definition) is 7. The number of benzene rings is 2. The number of aliphatic carboxylic acids is 1. The second-order valence-electron chi connectivity index (χ2n) is 8.58. The van der Waals surface area contributed by atoms with Gasteiger partial charge in [0.25, 0.3) is 0 Å². The highest BCUT2D eigenvalue weighted by atomic mass is 35.5. The first kappa shape index (κ1) is 29.8. The van der Waals surface area contributed by atoms with E-state index in [0.717, 1.165) is 47.1 Å². The molecule has 4 rings (SSSR count). The Balaban J connectivity index is 0.000000532. The summed E-state index contributed by atoms with van der Waals surface area (Å²) in [5.74, 6) is -0.474. The zero-order chi connectivity index (χ0) is 28.7. The number of carboxylic acid groups (broad SMARTS) is 1. The number of nitrogens with one attached hydrogen (secondary N) is 1. The van der Waals surface area contributed by atoms with Gasteiger partial charge in [-0.25, -0.2) is 4.79 Å². The third-order valence-electron chi connectivity index (χ3n) is 5.80. The van der Waals surface area contributed by atoms with Crippen molar-refractivity contribution in [1.82, 2.24) is 20.1 Å². The Morgan fingerprint density at radius 3 is 2.41 bits per heavy atom. The number of carbonyl (C=O) groups is 2. The fourth-order valence-electron chi connectivity index (χ4n) is 3.96. The summed E-state index contributed by atoms with van der Waals surface area (Å²) in [6.07, 6.45) is -3.53. The molecule has 0 saturated carbocycles. The van der Waals surface area contributed by atoms with Gasteiger partial charge in [-0.1, -0.05) is 23.7 Å². The van der Waals surface area contributed by atoms with Crippen LogP contribution in [0.3, 0.4) is 0 Å².